The smallest absolute Gasteiger partial charge is 0.425 e. The first-order chi connectivity index (χ1) is 16.3. The minimum atomic E-state index is -4.52. The molecule has 0 spiro atoms. The fourth-order valence-electron chi connectivity index (χ4n) is 4.12. The van der Waals surface area contributed by atoms with Crippen molar-refractivity contribution < 1.29 is 37.7 Å². The second-order valence-electron chi connectivity index (χ2n) is 8.36. The van der Waals surface area contributed by atoms with Gasteiger partial charge < -0.3 is 19.7 Å². The molecule has 2 N–H and O–H groups in total. The Bertz CT molecular complexity index is 1100. The topological polar surface area (TPSA) is 126 Å². The van der Waals surface area contributed by atoms with Crippen molar-refractivity contribution in [3.05, 3.63) is 54.1 Å². The molecule has 2 unspecified atom stereocenters. The maximum Gasteiger partial charge on any atom is 0.425 e. The number of nitrogens with zero attached hydrogens (tertiary/aromatic N) is 2. The average molecular weight is 493 g/mol. The van der Waals surface area contributed by atoms with Gasteiger partial charge in [-0.1, -0.05) is 43.2 Å². The highest BCUT2D eigenvalue weighted by atomic mass is 32.2. The van der Waals surface area contributed by atoms with E-state index >= 15 is 0 Å². The second-order valence-corrected chi connectivity index (χ2v) is 10.1. The number of carboxylic acid groups (broad SMARTS) is 1. The fraction of sp³-hybridized carbons (Fsp3) is 0.435. The van der Waals surface area contributed by atoms with Crippen molar-refractivity contribution in [1.29, 1.82) is 0 Å². The number of aliphatic hydroxyl groups is 1. The van der Waals surface area contributed by atoms with E-state index in [-0.39, 0.29) is 23.9 Å². The molecule has 1 fully saturated rings. The minimum Gasteiger partial charge on any atom is -0.464 e. The van der Waals surface area contributed by atoms with Crippen LogP contribution >= 0.6 is 0 Å². The summed E-state index contributed by atoms with van der Waals surface area (Å²) in [7, 11) is -4.52. The predicted octanol–water partition coefficient (Wildman–Crippen LogP) is 3.17. The highest BCUT2D eigenvalue weighted by Gasteiger charge is 2.43. The molecule has 0 saturated heterocycles. The Morgan fingerprint density at radius 2 is 1.79 bits per heavy atom. The van der Waals surface area contributed by atoms with Crippen molar-refractivity contribution in [3.8, 4) is 11.5 Å². The number of hydrogen-bond donors (Lipinski definition) is 2. The van der Waals surface area contributed by atoms with Gasteiger partial charge in [0.25, 0.3) is 10.0 Å². The van der Waals surface area contributed by atoms with Crippen LogP contribution in [0.15, 0.2) is 53.4 Å². The second kappa shape index (κ2) is 10.2. The van der Waals surface area contributed by atoms with Gasteiger partial charge in [0, 0.05) is 10.6 Å². The van der Waals surface area contributed by atoms with E-state index in [4.69, 9.17) is 14.3 Å². The van der Waals surface area contributed by atoms with Crippen molar-refractivity contribution in [2.45, 2.75) is 62.2 Å². The summed E-state index contributed by atoms with van der Waals surface area (Å²) in [5.41, 5.74) is 0.737. The standard InChI is InChI=1S/C23H28N2O8S/c1-16(26)20(13-17-7-3-2-4-8-17)24(23(27)28)25(33-18-9-5-6-10-18)34(29,30)19-11-12-21-22(14-19)32-15-31-21/h2-4,7-8,11-12,14,16,18,20,26H,5-6,9-10,13,15H2,1H3,(H,27,28). The van der Waals surface area contributed by atoms with Crippen LogP contribution in [-0.4, -0.2) is 59.4 Å². The zero-order chi connectivity index (χ0) is 24.3. The molecule has 0 aromatic heterocycles. The Hall–Kier alpha value is -2.86. The number of hydrogen-bond acceptors (Lipinski definition) is 7. The zero-order valence-electron chi connectivity index (χ0n) is 18.7. The average Bonchev–Trinajstić information content (AvgIpc) is 3.49. The van der Waals surface area contributed by atoms with Crippen molar-refractivity contribution >= 4 is 16.1 Å². The molecule has 1 aliphatic carbocycles. The Labute approximate surface area is 198 Å². The van der Waals surface area contributed by atoms with E-state index in [1.807, 2.05) is 6.07 Å². The van der Waals surface area contributed by atoms with E-state index in [0.717, 1.165) is 18.4 Å². The molecule has 1 heterocycles. The summed E-state index contributed by atoms with van der Waals surface area (Å²) in [6.07, 6.45) is -0.276. The van der Waals surface area contributed by atoms with Crippen LogP contribution in [0, 0.1) is 0 Å². The van der Waals surface area contributed by atoms with Gasteiger partial charge in [0.15, 0.2) is 11.5 Å². The normalized spacial score (nSPS) is 17.6. The van der Waals surface area contributed by atoms with Crippen molar-refractivity contribution in [3.63, 3.8) is 0 Å². The predicted molar refractivity (Wildman–Crippen MR) is 120 cm³/mol. The van der Waals surface area contributed by atoms with Gasteiger partial charge in [-0.2, -0.15) is 5.01 Å². The van der Waals surface area contributed by atoms with Crippen molar-refractivity contribution in [2.24, 2.45) is 0 Å². The molecule has 11 heteroatoms. The lowest BCUT2D eigenvalue weighted by Gasteiger charge is -2.38. The SMILES string of the molecule is CC(O)C(Cc1ccccc1)N(C(=O)O)N(OC1CCCC1)S(=O)(=O)c1ccc2c(c1)OCO2. The summed E-state index contributed by atoms with van der Waals surface area (Å²) < 4.78 is 38.5. The number of benzene rings is 2. The molecule has 4 rings (SSSR count). The fourth-order valence-corrected chi connectivity index (χ4v) is 5.46. The zero-order valence-corrected chi connectivity index (χ0v) is 19.6. The van der Waals surface area contributed by atoms with E-state index in [1.165, 1.54) is 25.1 Å². The van der Waals surface area contributed by atoms with Crippen molar-refractivity contribution in [2.75, 3.05) is 6.79 Å². The Kier molecular flexibility index (Phi) is 7.27. The maximum atomic E-state index is 13.8. The van der Waals surface area contributed by atoms with Gasteiger partial charge in [0.2, 0.25) is 6.79 Å². The lowest BCUT2D eigenvalue weighted by Crippen LogP contribution is -2.58. The lowest BCUT2D eigenvalue weighted by atomic mass is 10.0. The molecule has 2 aromatic carbocycles. The van der Waals surface area contributed by atoms with Crippen molar-refractivity contribution in [1.82, 2.24) is 9.59 Å². The van der Waals surface area contributed by atoms with E-state index < -0.39 is 34.4 Å². The van der Waals surface area contributed by atoms with Gasteiger partial charge in [-0.25, -0.2) is 13.2 Å². The lowest BCUT2D eigenvalue weighted by molar-refractivity contribution is -0.244. The summed E-state index contributed by atoms with van der Waals surface area (Å²) in [5, 5.41) is 21.3. The van der Waals surface area contributed by atoms with E-state index in [0.29, 0.717) is 28.2 Å². The molecule has 184 valence electrons. The Morgan fingerprint density at radius 1 is 1.12 bits per heavy atom. The molecule has 34 heavy (non-hydrogen) atoms. The summed E-state index contributed by atoms with van der Waals surface area (Å²) in [6.45, 7) is 1.38. The number of ether oxygens (including phenoxy) is 2. The number of rotatable bonds is 9. The minimum absolute atomic E-state index is 0.0381. The van der Waals surface area contributed by atoms with Crippen LogP contribution in [0.1, 0.15) is 38.2 Å². The quantitative estimate of drug-likeness (QED) is 0.511. The molecule has 2 aliphatic rings. The number of sulfonamides is 1. The van der Waals surface area contributed by atoms with Crippen LogP contribution in [0.4, 0.5) is 4.79 Å². The number of hydrazine groups is 1. The van der Waals surface area contributed by atoms with Gasteiger partial charge in [-0.05, 0) is 43.9 Å². The molecule has 2 atom stereocenters. The number of fused-ring (bicyclic) bond motifs is 1. The Balaban J connectivity index is 1.75. The summed E-state index contributed by atoms with van der Waals surface area (Å²) >= 11 is 0. The van der Waals surface area contributed by atoms with E-state index in [9.17, 15) is 23.4 Å². The van der Waals surface area contributed by atoms with Gasteiger partial charge in [-0.3, -0.25) is 4.84 Å². The van der Waals surface area contributed by atoms with Gasteiger partial charge in [0.05, 0.1) is 23.1 Å². The number of carbonyl (C=O) groups is 1. The number of aliphatic hydroxyl groups excluding tert-OH is 1. The van der Waals surface area contributed by atoms with E-state index in [2.05, 4.69) is 0 Å². The molecular weight excluding hydrogens is 464 g/mol. The largest absolute Gasteiger partial charge is 0.464 e. The van der Waals surface area contributed by atoms with Gasteiger partial charge in [-0.15, -0.1) is 0 Å². The highest BCUT2D eigenvalue weighted by molar-refractivity contribution is 7.89. The van der Waals surface area contributed by atoms with E-state index in [1.54, 1.807) is 24.3 Å². The molecule has 0 radical (unpaired) electrons. The third-order valence-electron chi connectivity index (χ3n) is 5.92. The monoisotopic (exact) mass is 492 g/mol. The summed E-state index contributed by atoms with van der Waals surface area (Å²) in [4.78, 5) is 18.1. The maximum absolute atomic E-state index is 13.8. The first-order valence-corrected chi connectivity index (χ1v) is 12.6. The number of amides is 1. The third-order valence-corrected chi connectivity index (χ3v) is 7.44. The van der Waals surface area contributed by atoms with Gasteiger partial charge >= 0.3 is 6.09 Å². The van der Waals surface area contributed by atoms with Crippen LogP contribution in [0.5, 0.6) is 11.5 Å². The Morgan fingerprint density at radius 3 is 2.44 bits per heavy atom. The first kappa shape index (κ1) is 24.3. The molecular formula is C23H28N2O8S. The van der Waals surface area contributed by atoms with Crippen LogP contribution in [0.25, 0.3) is 0 Å². The van der Waals surface area contributed by atoms with Crippen LogP contribution in [-0.2, 0) is 21.3 Å². The highest BCUT2D eigenvalue weighted by Crippen LogP contribution is 2.36. The van der Waals surface area contributed by atoms with Crippen LogP contribution in [0.3, 0.4) is 0 Å². The first-order valence-electron chi connectivity index (χ1n) is 11.1. The molecule has 1 amide bonds. The van der Waals surface area contributed by atoms with Crippen LogP contribution in [0.2, 0.25) is 0 Å². The van der Waals surface area contributed by atoms with Gasteiger partial charge in [0.1, 0.15) is 0 Å². The third kappa shape index (κ3) is 5.12. The molecule has 10 nitrogen and oxygen atoms in total. The van der Waals surface area contributed by atoms with Crippen LogP contribution < -0.4 is 9.47 Å². The molecule has 2 aromatic rings. The molecule has 1 saturated carbocycles. The molecule has 1 aliphatic heterocycles. The molecule has 0 bridgehead atoms. The summed E-state index contributed by atoms with van der Waals surface area (Å²) in [6, 6.07) is 11.9. The summed E-state index contributed by atoms with van der Waals surface area (Å²) in [5.74, 6) is 0.628.